The van der Waals surface area contributed by atoms with Gasteiger partial charge in [0.2, 0.25) is 0 Å². The molecule has 2 N–H and O–H groups in total. The van der Waals surface area contributed by atoms with Gasteiger partial charge in [-0.1, -0.05) is 42.5 Å². The van der Waals surface area contributed by atoms with Crippen molar-refractivity contribution in [2.75, 3.05) is 4.72 Å². The Morgan fingerprint density at radius 2 is 1.54 bits per heavy atom. The molecule has 3 aromatic rings. The maximum atomic E-state index is 12.5. The van der Waals surface area contributed by atoms with Gasteiger partial charge in [0.1, 0.15) is 6.07 Å². The van der Waals surface area contributed by atoms with Gasteiger partial charge in [-0.25, -0.2) is 8.42 Å². The number of carbonyl (C=O) groups is 1. The first kappa shape index (κ1) is 19.1. The molecule has 0 fully saturated rings. The fourth-order valence-electron chi connectivity index (χ4n) is 2.54. The van der Waals surface area contributed by atoms with E-state index in [9.17, 15) is 13.2 Å². The van der Waals surface area contributed by atoms with Gasteiger partial charge in [-0.3, -0.25) is 9.52 Å². The van der Waals surface area contributed by atoms with E-state index < -0.39 is 10.0 Å². The molecule has 1 amide bonds. The van der Waals surface area contributed by atoms with E-state index in [0.717, 1.165) is 5.56 Å². The van der Waals surface area contributed by atoms with Crippen molar-refractivity contribution >= 4 is 21.6 Å². The van der Waals surface area contributed by atoms with Crippen molar-refractivity contribution in [1.82, 2.24) is 5.32 Å². The number of amides is 1. The van der Waals surface area contributed by atoms with E-state index in [4.69, 9.17) is 5.26 Å². The van der Waals surface area contributed by atoms with Crippen LogP contribution in [0.15, 0.2) is 83.8 Å². The molecule has 0 saturated heterocycles. The average Bonchev–Trinajstić information content (AvgIpc) is 2.73. The van der Waals surface area contributed by atoms with Crippen molar-refractivity contribution in [3.63, 3.8) is 0 Å². The normalized spacial score (nSPS) is 10.7. The van der Waals surface area contributed by atoms with Gasteiger partial charge >= 0.3 is 0 Å². The number of benzene rings is 3. The Bertz CT molecular complexity index is 1120. The first-order chi connectivity index (χ1) is 13.5. The van der Waals surface area contributed by atoms with Crippen LogP contribution in [0.4, 0.5) is 5.69 Å². The fraction of sp³-hybridized carbons (Fsp3) is 0.0476. The van der Waals surface area contributed by atoms with Crippen LogP contribution in [-0.4, -0.2) is 14.3 Å². The van der Waals surface area contributed by atoms with Crippen molar-refractivity contribution in [2.45, 2.75) is 11.4 Å². The summed E-state index contributed by atoms with van der Waals surface area (Å²) in [6.07, 6.45) is 0. The lowest BCUT2D eigenvalue weighted by Crippen LogP contribution is -2.23. The van der Waals surface area contributed by atoms with Crippen molar-refractivity contribution in [3.8, 4) is 6.07 Å². The Balaban J connectivity index is 1.71. The maximum Gasteiger partial charge on any atom is 0.261 e. The quantitative estimate of drug-likeness (QED) is 0.673. The van der Waals surface area contributed by atoms with Gasteiger partial charge in [0.15, 0.2) is 0 Å². The lowest BCUT2D eigenvalue weighted by atomic mass is 10.2. The minimum Gasteiger partial charge on any atom is -0.348 e. The van der Waals surface area contributed by atoms with Crippen molar-refractivity contribution in [2.24, 2.45) is 0 Å². The highest BCUT2D eigenvalue weighted by Crippen LogP contribution is 2.19. The maximum absolute atomic E-state index is 12.5. The number of para-hydroxylation sites is 1. The molecule has 0 heterocycles. The van der Waals surface area contributed by atoms with Crippen molar-refractivity contribution < 1.29 is 13.2 Å². The summed E-state index contributed by atoms with van der Waals surface area (Å²) < 4.78 is 27.5. The lowest BCUT2D eigenvalue weighted by molar-refractivity contribution is 0.0951. The number of rotatable bonds is 6. The molecule has 0 unspecified atom stereocenters. The standard InChI is InChI=1S/C21H17N3O3S/c22-14-18-8-4-5-9-20(18)24-28(26,27)19-12-10-17(11-13-19)21(25)23-15-16-6-2-1-3-7-16/h1-13,24H,15H2,(H,23,25). The van der Waals surface area contributed by atoms with Crippen molar-refractivity contribution in [1.29, 1.82) is 5.26 Å². The summed E-state index contributed by atoms with van der Waals surface area (Å²) in [5, 5.41) is 11.9. The Labute approximate surface area is 163 Å². The molecule has 0 radical (unpaired) electrons. The molecule has 0 aliphatic carbocycles. The minimum absolute atomic E-state index is 0.000137. The number of hydrogen-bond acceptors (Lipinski definition) is 4. The first-order valence-electron chi connectivity index (χ1n) is 8.44. The summed E-state index contributed by atoms with van der Waals surface area (Å²) in [6.45, 7) is 0.381. The van der Waals surface area contributed by atoms with Crippen LogP contribution in [0, 0.1) is 11.3 Å². The first-order valence-corrected chi connectivity index (χ1v) is 9.92. The number of nitrogens with one attached hydrogen (secondary N) is 2. The van der Waals surface area contributed by atoms with Crippen LogP contribution in [0.3, 0.4) is 0 Å². The predicted molar refractivity (Wildman–Crippen MR) is 106 cm³/mol. The number of anilines is 1. The van der Waals surface area contributed by atoms with E-state index in [0.29, 0.717) is 12.1 Å². The van der Waals surface area contributed by atoms with Gasteiger partial charge in [0.05, 0.1) is 16.1 Å². The summed E-state index contributed by atoms with van der Waals surface area (Å²) in [5.74, 6) is -0.296. The molecule has 6 nitrogen and oxygen atoms in total. The molecule has 0 aliphatic heterocycles. The molecule has 3 aromatic carbocycles. The van der Waals surface area contributed by atoms with E-state index >= 15 is 0 Å². The van der Waals surface area contributed by atoms with Gasteiger partial charge in [-0.15, -0.1) is 0 Å². The molecular formula is C21H17N3O3S. The Morgan fingerprint density at radius 1 is 0.893 bits per heavy atom. The average molecular weight is 391 g/mol. The molecule has 0 aliphatic rings. The van der Waals surface area contributed by atoms with Gasteiger partial charge < -0.3 is 5.32 Å². The molecule has 0 spiro atoms. The number of carbonyl (C=O) groups excluding carboxylic acids is 1. The molecule has 140 valence electrons. The summed E-state index contributed by atoms with van der Waals surface area (Å²) in [6, 6.07) is 23.4. The Morgan fingerprint density at radius 3 is 2.21 bits per heavy atom. The number of hydrogen-bond donors (Lipinski definition) is 2. The number of nitrogens with zero attached hydrogens (tertiary/aromatic N) is 1. The molecule has 28 heavy (non-hydrogen) atoms. The highest BCUT2D eigenvalue weighted by molar-refractivity contribution is 7.92. The minimum atomic E-state index is -3.88. The zero-order valence-corrected chi connectivity index (χ0v) is 15.6. The van der Waals surface area contributed by atoms with Gasteiger partial charge in [-0.05, 0) is 42.0 Å². The van der Waals surface area contributed by atoms with Crippen LogP contribution in [0.1, 0.15) is 21.5 Å². The van der Waals surface area contributed by atoms with E-state index in [1.807, 2.05) is 36.4 Å². The number of nitriles is 1. The highest BCUT2D eigenvalue weighted by atomic mass is 32.2. The third-order valence-corrected chi connectivity index (χ3v) is 5.40. The molecule has 0 aromatic heterocycles. The number of sulfonamides is 1. The molecule has 7 heteroatoms. The smallest absolute Gasteiger partial charge is 0.261 e. The van der Waals surface area contributed by atoms with Gasteiger partial charge in [0.25, 0.3) is 15.9 Å². The van der Waals surface area contributed by atoms with Crippen LogP contribution in [0.2, 0.25) is 0 Å². The largest absolute Gasteiger partial charge is 0.348 e. The highest BCUT2D eigenvalue weighted by Gasteiger charge is 2.16. The predicted octanol–water partition coefficient (Wildman–Crippen LogP) is 3.29. The van der Waals surface area contributed by atoms with Gasteiger partial charge in [-0.2, -0.15) is 5.26 Å². The van der Waals surface area contributed by atoms with Crippen LogP contribution in [0.25, 0.3) is 0 Å². The monoisotopic (exact) mass is 391 g/mol. The van der Waals surface area contributed by atoms with Crippen molar-refractivity contribution in [3.05, 3.63) is 95.6 Å². The zero-order valence-electron chi connectivity index (χ0n) is 14.8. The second kappa shape index (κ2) is 8.37. The molecule has 3 rings (SSSR count). The van der Waals surface area contributed by atoms with Crippen LogP contribution < -0.4 is 10.0 Å². The Hall–Kier alpha value is -3.63. The Kier molecular flexibility index (Phi) is 5.72. The second-order valence-electron chi connectivity index (χ2n) is 5.96. The zero-order chi connectivity index (χ0) is 20.0. The fourth-order valence-corrected chi connectivity index (χ4v) is 3.62. The molecule has 0 atom stereocenters. The van der Waals surface area contributed by atoms with E-state index in [1.165, 1.54) is 36.4 Å². The van der Waals surface area contributed by atoms with Crippen LogP contribution in [0.5, 0.6) is 0 Å². The summed E-state index contributed by atoms with van der Waals surface area (Å²) in [5.41, 5.74) is 1.75. The summed E-state index contributed by atoms with van der Waals surface area (Å²) in [7, 11) is -3.88. The summed E-state index contributed by atoms with van der Waals surface area (Å²) >= 11 is 0. The van der Waals surface area contributed by atoms with Crippen LogP contribution >= 0.6 is 0 Å². The lowest BCUT2D eigenvalue weighted by Gasteiger charge is -2.10. The van der Waals surface area contributed by atoms with E-state index in [2.05, 4.69) is 10.0 Å². The summed E-state index contributed by atoms with van der Waals surface area (Å²) in [4.78, 5) is 12.2. The third-order valence-electron chi connectivity index (χ3n) is 4.01. The topological polar surface area (TPSA) is 99.1 Å². The second-order valence-corrected chi connectivity index (χ2v) is 7.64. The molecule has 0 bridgehead atoms. The van der Waals surface area contributed by atoms with Gasteiger partial charge in [0, 0.05) is 12.1 Å². The van der Waals surface area contributed by atoms with E-state index in [1.54, 1.807) is 12.1 Å². The third kappa shape index (κ3) is 4.55. The van der Waals surface area contributed by atoms with Crippen LogP contribution in [-0.2, 0) is 16.6 Å². The molecular weight excluding hydrogens is 374 g/mol. The SMILES string of the molecule is N#Cc1ccccc1NS(=O)(=O)c1ccc(C(=O)NCc2ccccc2)cc1. The molecule has 0 saturated carbocycles. The van der Waals surface area contributed by atoms with E-state index in [-0.39, 0.29) is 22.1 Å².